The number of benzene rings is 2. The first-order valence-electron chi connectivity index (χ1n) is 7.67. The van der Waals surface area contributed by atoms with Crippen molar-refractivity contribution in [3.63, 3.8) is 0 Å². The van der Waals surface area contributed by atoms with Crippen molar-refractivity contribution in [2.45, 2.75) is 4.90 Å². The third kappa shape index (κ3) is 3.28. The van der Waals surface area contributed by atoms with Gasteiger partial charge in [0.25, 0.3) is 11.8 Å². The minimum Gasteiger partial charge on any atom is -0.493 e. The van der Waals surface area contributed by atoms with Gasteiger partial charge in [-0.3, -0.25) is 14.9 Å². The molecule has 0 saturated heterocycles. The molecule has 0 aliphatic carbocycles. The smallest absolute Gasteiger partial charge is 0.347 e. The molecule has 0 fully saturated rings. The number of nitrogens with two attached hydrogens (primary N) is 1. The predicted molar refractivity (Wildman–Crippen MR) is 94.1 cm³/mol. The molecule has 1 aliphatic rings. The number of hydrogen-bond donors (Lipinski definition) is 2. The first-order valence-corrected chi connectivity index (χ1v) is 9.21. The minimum atomic E-state index is -4.17. The van der Waals surface area contributed by atoms with Gasteiger partial charge in [0, 0.05) is 6.07 Å². The van der Waals surface area contributed by atoms with Crippen LogP contribution in [0.25, 0.3) is 0 Å². The molecular weight excluding hydrogens is 392 g/mol. The standard InChI is InChI=1S/C17H14N2O8S/c1-25-12-7-8(28(18,23)24)6-10(14(12)26-2)17(22)27-11-5-3-4-9-13(11)16(21)19-15(9)20/h3-7H,1-2H3,(H2,18,23,24)(H,19,20,21). The van der Waals surface area contributed by atoms with Crippen LogP contribution in [0.1, 0.15) is 31.1 Å². The molecule has 0 radical (unpaired) electrons. The van der Waals surface area contributed by atoms with Crippen LogP contribution in [0.15, 0.2) is 35.2 Å². The Balaban J connectivity index is 2.09. The van der Waals surface area contributed by atoms with E-state index in [-0.39, 0.29) is 33.9 Å². The second-order valence-corrected chi connectivity index (χ2v) is 7.16. The van der Waals surface area contributed by atoms with Crippen molar-refractivity contribution in [3.8, 4) is 17.2 Å². The lowest BCUT2D eigenvalue weighted by Crippen LogP contribution is -2.20. The third-order valence-corrected chi connectivity index (χ3v) is 4.82. The summed E-state index contributed by atoms with van der Waals surface area (Å²) in [6, 6.07) is 6.21. The Labute approximate surface area is 159 Å². The highest BCUT2D eigenvalue weighted by molar-refractivity contribution is 7.89. The fourth-order valence-corrected chi connectivity index (χ4v) is 3.24. The molecule has 1 heterocycles. The van der Waals surface area contributed by atoms with Gasteiger partial charge in [-0.25, -0.2) is 18.4 Å². The van der Waals surface area contributed by atoms with E-state index in [0.717, 1.165) is 12.1 Å². The molecule has 0 saturated carbocycles. The van der Waals surface area contributed by atoms with Crippen LogP contribution in [0.2, 0.25) is 0 Å². The number of methoxy groups -OCH3 is 2. The fraction of sp³-hybridized carbons (Fsp3) is 0.118. The summed E-state index contributed by atoms with van der Waals surface area (Å²) in [7, 11) is -1.67. The lowest BCUT2D eigenvalue weighted by atomic mass is 10.1. The number of rotatable bonds is 5. The topological polar surface area (TPSA) is 151 Å². The van der Waals surface area contributed by atoms with Crippen LogP contribution in [0.5, 0.6) is 17.2 Å². The van der Waals surface area contributed by atoms with Crippen LogP contribution in [0.3, 0.4) is 0 Å². The van der Waals surface area contributed by atoms with E-state index in [4.69, 9.17) is 19.3 Å². The molecular formula is C17H14N2O8S. The fourth-order valence-electron chi connectivity index (χ4n) is 2.68. The summed E-state index contributed by atoms with van der Waals surface area (Å²) < 4.78 is 38.8. The average molecular weight is 406 g/mol. The summed E-state index contributed by atoms with van der Waals surface area (Å²) in [5, 5.41) is 7.23. The highest BCUT2D eigenvalue weighted by atomic mass is 32.2. The van der Waals surface area contributed by atoms with Crippen LogP contribution in [0, 0.1) is 0 Å². The van der Waals surface area contributed by atoms with Crippen molar-refractivity contribution in [3.05, 3.63) is 47.0 Å². The summed E-state index contributed by atoms with van der Waals surface area (Å²) in [5.41, 5.74) is -0.347. The first-order chi connectivity index (χ1) is 13.2. The first kappa shape index (κ1) is 19.3. The van der Waals surface area contributed by atoms with Crippen LogP contribution in [-0.2, 0) is 10.0 Å². The van der Waals surface area contributed by atoms with E-state index in [0.29, 0.717) is 0 Å². The molecule has 3 N–H and O–H groups in total. The molecule has 0 atom stereocenters. The molecule has 146 valence electrons. The number of amides is 2. The summed E-state index contributed by atoms with van der Waals surface area (Å²) in [6.07, 6.45) is 0. The van der Waals surface area contributed by atoms with E-state index >= 15 is 0 Å². The molecule has 2 aromatic rings. The highest BCUT2D eigenvalue weighted by Crippen LogP contribution is 2.35. The summed E-state index contributed by atoms with van der Waals surface area (Å²) in [5.74, 6) is -2.70. The monoisotopic (exact) mass is 406 g/mol. The molecule has 3 rings (SSSR count). The zero-order chi connectivity index (χ0) is 20.6. The van der Waals surface area contributed by atoms with Crippen molar-refractivity contribution in [1.29, 1.82) is 0 Å². The summed E-state index contributed by atoms with van der Waals surface area (Å²) >= 11 is 0. The van der Waals surface area contributed by atoms with E-state index in [1.54, 1.807) is 0 Å². The van der Waals surface area contributed by atoms with Crippen molar-refractivity contribution in [2.24, 2.45) is 5.14 Å². The van der Waals surface area contributed by atoms with Gasteiger partial charge in [-0.15, -0.1) is 0 Å². The normalized spacial score (nSPS) is 13.0. The van der Waals surface area contributed by atoms with Crippen LogP contribution >= 0.6 is 0 Å². The number of sulfonamides is 1. The Bertz CT molecular complexity index is 1120. The second-order valence-electron chi connectivity index (χ2n) is 5.60. The Morgan fingerprint density at radius 3 is 2.36 bits per heavy atom. The van der Waals surface area contributed by atoms with Gasteiger partial charge in [0.2, 0.25) is 10.0 Å². The van der Waals surface area contributed by atoms with Gasteiger partial charge in [0.05, 0.1) is 30.2 Å². The number of hydrogen-bond acceptors (Lipinski definition) is 8. The molecule has 0 unspecified atom stereocenters. The molecule has 28 heavy (non-hydrogen) atoms. The maximum atomic E-state index is 12.7. The van der Waals surface area contributed by atoms with Gasteiger partial charge >= 0.3 is 5.97 Å². The highest BCUT2D eigenvalue weighted by Gasteiger charge is 2.32. The molecule has 1 aliphatic heterocycles. The van der Waals surface area contributed by atoms with Gasteiger partial charge in [-0.05, 0) is 18.2 Å². The van der Waals surface area contributed by atoms with Crippen LogP contribution in [0.4, 0.5) is 0 Å². The van der Waals surface area contributed by atoms with E-state index in [1.165, 1.54) is 32.4 Å². The Morgan fingerprint density at radius 1 is 1.04 bits per heavy atom. The molecule has 0 aromatic heterocycles. The molecule has 0 bridgehead atoms. The second kappa shape index (κ2) is 6.94. The average Bonchev–Trinajstić information content (AvgIpc) is 2.94. The zero-order valence-corrected chi connectivity index (χ0v) is 15.5. The van der Waals surface area contributed by atoms with Gasteiger partial charge in [0.1, 0.15) is 11.3 Å². The van der Waals surface area contributed by atoms with Gasteiger partial charge in [-0.1, -0.05) is 6.07 Å². The molecule has 10 nitrogen and oxygen atoms in total. The third-order valence-electron chi connectivity index (χ3n) is 3.93. The number of ether oxygens (including phenoxy) is 3. The lowest BCUT2D eigenvalue weighted by Gasteiger charge is -2.14. The van der Waals surface area contributed by atoms with Crippen molar-refractivity contribution in [1.82, 2.24) is 5.32 Å². The van der Waals surface area contributed by atoms with Gasteiger partial charge in [-0.2, -0.15) is 0 Å². The molecule has 2 aromatic carbocycles. The number of nitrogens with one attached hydrogen (secondary N) is 1. The summed E-state index contributed by atoms with van der Waals surface area (Å²) in [4.78, 5) is 36.0. The number of carbonyl (C=O) groups is 3. The number of imide groups is 1. The SMILES string of the molecule is COc1cc(S(N)(=O)=O)cc(C(=O)Oc2cccc3c2C(=O)NC3=O)c1OC. The van der Waals surface area contributed by atoms with Gasteiger partial charge in [0.15, 0.2) is 11.5 Å². The molecule has 11 heteroatoms. The maximum absolute atomic E-state index is 12.7. The number of fused-ring (bicyclic) bond motifs is 1. The number of carbonyl (C=O) groups excluding carboxylic acids is 3. The Morgan fingerprint density at radius 2 is 1.75 bits per heavy atom. The predicted octanol–water partition coefficient (Wildman–Crippen LogP) is 0.454. The molecule has 0 spiro atoms. The Hall–Kier alpha value is -3.44. The van der Waals surface area contributed by atoms with E-state index in [2.05, 4.69) is 5.32 Å². The quantitative estimate of drug-likeness (QED) is 0.413. The van der Waals surface area contributed by atoms with Crippen molar-refractivity contribution >= 4 is 27.8 Å². The van der Waals surface area contributed by atoms with Crippen LogP contribution < -0.4 is 24.7 Å². The van der Waals surface area contributed by atoms with E-state index in [9.17, 15) is 22.8 Å². The number of esters is 1. The van der Waals surface area contributed by atoms with Crippen molar-refractivity contribution < 1.29 is 37.0 Å². The van der Waals surface area contributed by atoms with Crippen molar-refractivity contribution in [2.75, 3.05) is 14.2 Å². The number of primary sulfonamides is 1. The van der Waals surface area contributed by atoms with Gasteiger partial charge < -0.3 is 14.2 Å². The van der Waals surface area contributed by atoms with Crippen LogP contribution in [-0.4, -0.2) is 40.4 Å². The minimum absolute atomic E-state index is 0.0538. The maximum Gasteiger partial charge on any atom is 0.347 e. The van der Waals surface area contributed by atoms with E-state index in [1.807, 2.05) is 0 Å². The Kier molecular flexibility index (Phi) is 4.79. The van der Waals surface area contributed by atoms with E-state index < -0.39 is 32.7 Å². The zero-order valence-electron chi connectivity index (χ0n) is 14.6. The summed E-state index contributed by atoms with van der Waals surface area (Å²) in [6.45, 7) is 0. The molecule has 2 amide bonds. The lowest BCUT2D eigenvalue weighted by molar-refractivity contribution is 0.0728. The largest absolute Gasteiger partial charge is 0.493 e.